The third-order valence-corrected chi connectivity index (χ3v) is 6.19. The van der Waals surface area contributed by atoms with Crippen LogP contribution in [-0.4, -0.2) is 11.0 Å². The monoisotopic (exact) mass is 278 g/mol. The molecule has 21 heavy (non-hydrogen) atoms. The zero-order valence-corrected chi connectivity index (χ0v) is 12.3. The van der Waals surface area contributed by atoms with Crippen molar-refractivity contribution in [3.05, 3.63) is 36.5 Å². The molecule has 6 rings (SSSR count). The van der Waals surface area contributed by atoms with Gasteiger partial charge in [0.05, 0.1) is 5.52 Å². The Morgan fingerprint density at radius 1 is 0.857 bits per heavy atom. The molecule has 0 amide bonds. The average molecular weight is 278 g/mol. The molecule has 4 saturated carbocycles. The highest BCUT2D eigenvalue weighted by Gasteiger charge is 2.48. The minimum absolute atomic E-state index is 0.698. The van der Waals surface area contributed by atoms with E-state index in [9.17, 15) is 0 Å². The third kappa shape index (κ3) is 1.88. The first-order chi connectivity index (χ1) is 10.4. The van der Waals surface area contributed by atoms with Crippen molar-refractivity contribution in [2.24, 2.45) is 23.7 Å². The van der Waals surface area contributed by atoms with Crippen molar-refractivity contribution >= 4 is 16.6 Å². The molecule has 0 spiro atoms. The molecule has 0 unspecified atom stereocenters. The normalized spacial score (nSPS) is 37.0. The summed E-state index contributed by atoms with van der Waals surface area (Å²) in [6.45, 7) is 0. The van der Waals surface area contributed by atoms with Gasteiger partial charge in [-0.3, -0.25) is 4.98 Å². The second kappa shape index (κ2) is 4.46. The Balaban J connectivity index is 1.49. The highest BCUT2D eigenvalue weighted by atomic mass is 15.0. The van der Waals surface area contributed by atoms with Gasteiger partial charge in [-0.05, 0) is 80.0 Å². The molecule has 1 aromatic heterocycles. The molecule has 4 bridgehead atoms. The van der Waals surface area contributed by atoms with Crippen molar-refractivity contribution < 1.29 is 0 Å². The van der Waals surface area contributed by atoms with Gasteiger partial charge in [0.2, 0.25) is 0 Å². The second-order valence-corrected chi connectivity index (χ2v) is 7.48. The summed E-state index contributed by atoms with van der Waals surface area (Å²) < 4.78 is 0. The lowest BCUT2D eigenvalue weighted by Gasteiger charge is -2.54. The van der Waals surface area contributed by atoms with E-state index in [0.29, 0.717) is 6.04 Å². The van der Waals surface area contributed by atoms with Crippen molar-refractivity contribution in [2.75, 3.05) is 5.32 Å². The van der Waals surface area contributed by atoms with Crippen LogP contribution in [0.4, 0.5) is 5.69 Å². The summed E-state index contributed by atoms with van der Waals surface area (Å²) in [7, 11) is 0. The average Bonchev–Trinajstić information content (AvgIpc) is 2.50. The summed E-state index contributed by atoms with van der Waals surface area (Å²) in [5.74, 6) is 3.90. The molecule has 0 aliphatic heterocycles. The Morgan fingerprint density at radius 2 is 1.62 bits per heavy atom. The maximum Gasteiger partial charge on any atom is 0.0722 e. The lowest BCUT2D eigenvalue weighted by atomic mass is 9.54. The first-order valence-corrected chi connectivity index (χ1v) is 8.47. The fourth-order valence-electron chi connectivity index (χ4n) is 5.57. The van der Waals surface area contributed by atoms with Gasteiger partial charge in [0.1, 0.15) is 0 Å². The maximum atomic E-state index is 4.49. The smallest absolute Gasteiger partial charge is 0.0722 e. The van der Waals surface area contributed by atoms with Gasteiger partial charge in [-0.25, -0.2) is 0 Å². The molecular weight excluding hydrogens is 256 g/mol. The minimum Gasteiger partial charge on any atom is -0.381 e. The van der Waals surface area contributed by atoms with Crippen LogP contribution < -0.4 is 5.32 Å². The Bertz CT molecular complexity index is 645. The van der Waals surface area contributed by atoms with E-state index in [-0.39, 0.29) is 0 Å². The standard InChI is InChI=1S/C19H22N2/c1-4-17-16(3-2-6-20-17)18(5-1)21-19-14-8-12-7-13(10-14)11-15(19)9-12/h1-6,12-15,19,21H,7-11H2. The van der Waals surface area contributed by atoms with Crippen LogP contribution in [-0.2, 0) is 0 Å². The van der Waals surface area contributed by atoms with Crippen LogP contribution >= 0.6 is 0 Å². The number of anilines is 1. The van der Waals surface area contributed by atoms with Gasteiger partial charge in [0.25, 0.3) is 0 Å². The van der Waals surface area contributed by atoms with Crippen molar-refractivity contribution in [1.29, 1.82) is 0 Å². The number of pyridine rings is 1. The molecule has 0 saturated heterocycles. The van der Waals surface area contributed by atoms with Gasteiger partial charge >= 0.3 is 0 Å². The minimum atomic E-state index is 0.698. The van der Waals surface area contributed by atoms with E-state index >= 15 is 0 Å². The van der Waals surface area contributed by atoms with E-state index < -0.39 is 0 Å². The van der Waals surface area contributed by atoms with Gasteiger partial charge in [0.15, 0.2) is 0 Å². The first-order valence-electron chi connectivity index (χ1n) is 8.47. The SMILES string of the molecule is c1cc(NC2C3CC4CC(C3)CC2C4)c2cccnc2c1. The quantitative estimate of drug-likeness (QED) is 0.876. The van der Waals surface area contributed by atoms with Crippen LogP contribution in [0, 0.1) is 23.7 Å². The summed E-state index contributed by atoms with van der Waals surface area (Å²) in [4.78, 5) is 4.49. The van der Waals surface area contributed by atoms with Crippen molar-refractivity contribution in [1.82, 2.24) is 4.98 Å². The Kier molecular flexibility index (Phi) is 2.55. The number of aromatic nitrogens is 1. The van der Waals surface area contributed by atoms with E-state index in [1.807, 2.05) is 12.3 Å². The van der Waals surface area contributed by atoms with E-state index in [4.69, 9.17) is 0 Å². The van der Waals surface area contributed by atoms with Gasteiger partial charge in [-0.15, -0.1) is 0 Å². The van der Waals surface area contributed by atoms with Crippen LogP contribution in [0.3, 0.4) is 0 Å². The number of nitrogens with one attached hydrogen (secondary N) is 1. The molecule has 2 nitrogen and oxygen atoms in total. The molecule has 4 aliphatic carbocycles. The van der Waals surface area contributed by atoms with Gasteiger partial charge < -0.3 is 5.32 Å². The number of benzene rings is 1. The molecule has 4 aliphatic rings. The highest BCUT2D eigenvalue weighted by Crippen LogP contribution is 2.54. The molecule has 2 aromatic rings. The van der Waals surface area contributed by atoms with Gasteiger partial charge in [-0.1, -0.05) is 6.07 Å². The fourth-order valence-corrected chi connectivity index (χ4v) is 5.57. The predicted octanol–water partition coefficient (Wildman–Crippen LogP) is 4.47. The van der Waals surface area contributed by atoms with E-state index in [1.54, 1.807) is 0 Å². The lowest BCUT2D eigenvalue weighted by molar-refractivity contribution is 0.00758. The zero-order chi connectivity index (χ0) is 13.8. The zero-order valence-electron chi connectivity index (χ0n) is 12.3. The Morgan fingerprint density at radius 3 is 2.38 bits per heavy atom. The molecule has 108 valence electrons. The van der Waals surface area contributed by atoms with Crippen molar-refractivity contribution in [3.8, 4) is 0 Å². The van der Waals surface area contributed by atoms with Crippen LogP contribution in [0.15, 0.2) is 36.5 Å². The first kappa shape index (κ1) is 12.0. The summed E-state index contributed by atoms with van der Waals surface area (Å²) in [5.41, 5.74) is 2.39. The van der Waals surface area contributed by atoms with Crippen molar-refractivity contribution in [3.63, 3.8) is 0 Å². The van der Waals surface area contributed by atoms with Crippen LogP contribution in [0.5, 0.6) is 0 Å². The van der Waals surface area contributed by atoms with E-state index in [2.05, 4.69) is 34.6 Å². The number of fused-ring (bicyclic) bond motifs is 1. The van der Waals surface area contributed by atoms with E-state index in [0.717, 1.165) is 29.2 Å². The summed E-state index contributed by atoms with van der Waals surface area (Å²) in [6.07, 6.45) is 9.27. The molecular formula is C19H22N2. The van der Waals surface area contributed by atoms with Crippen LogP contribution in [0.2, 0.25) is 0 Å². The topological polar surface area (TPSA) is 24.9 Å². The molecule has 2 heteroatoms. The lowest BCUT2D eigenvalue weighted by Crippen LogP contribution is -2.51. The largest absolute Gasteiger partial charge is 0.381 e. The highest BCUT2D eigenvalue weighted by molar-refractivity contribution is 5.91. The second-order valence-electron chi connectivity index (χ2n) is 7.48. The summed E-state index contributed by atoms with van der Waals surface area (Å²) in [6, 6.07) is 11.4. The molecule has 0 radical (unpaired) electrons. The predicted molar refractivity (Wildman–Crippen MR) is 86.2 cm³/mol. The third-order valence-electron chi connectivity index (χ3n) is 6.19. The summed E-state index contributed by atoms with van der Waals surface area (Å²) in [5, 5.41) is 5.20. The summed E-state index contributed by atoms with van der Waals surface area (Å²) >= 11 is 0. The Labute approximate surface area is 126 Å². The number of hydrogen-bond acceptors (Lipinski definition) is 2. The van der Waals surface area contributed by atoms with Crippen LogP contribution in [0.1, 0.15) is 32.1 Å². The number of nitrogens with zero attached hydrogens (tertiary/aromatic N) is 1. The molecule has 1 N–H and O–H groups in total. The molecule has 1 heterocycles. The van der Waals surface area contributed by atoms with Crippen molar-refractivity contribution in [2.45, 2.75) is 38.1 Å². The van der Waals surface area contributed by atoms with Gasteiger partial charge in [-0.2, -0.15) is 0 Å². The van der Waals surface area contributed by atoms with E-state index in [1.165, 1.54) is 43.2 Å². The number of rotatable bonds is 2. The Hall–Kier alpha value is -1.57. The molecule has 0 atom stereocenters. The fraction of sp³-hybridized carbons (Fsp3) is 0.526. The molecule has 1 aromatic carbocycles. The molecule has 4 fully saturated rings. The van der Waals surface area contributed by atoms with Crippen LogP contribution in [0.25, 0.3) is 10.9 Å². The number of hydrogen-bond donors (Lipinski definition) is 1. The van der Waals surface area contributed by atoms with Gasteiger partial charge in [0, 0.05) is 23.3 Å². The maximum absolute atomic E-state index is 4.49.